The van der Waals surface area contributed by atoms with Crippen molar-refractivity contribution in [3.8, 4) is 0 Å². The van der Waals surface area contributed by atoms with Gasteiger partial charge in [0, 0.05) is 32.4 Å². The average Bonchev–Trinajstić information content (AvgIpc) is 2.41. The zero-order valence-electron chi connectivity index (χ0n) is 12.7. The Hall–Kier alpha value is -1.27. The predicted octanol–water partition coefficient (Wildman–Crippen LogP) is 3.27. The summed E-state index contributed by atoms with van der Waals surface area (Å²) < 4.78 is 43.7. The van der Waals surface area contributed by atoms with Gasteiger partial charge in [0.25, 0.3) is 0 Å². The fourth-order valence-corrected chi connectivity index (χ4v) is 2.19. The summed E-state index contributed by atoms with van der Waals surface area (Å²) in [5.41, 5.74) is 5.67. The standard InChI is InChI=1S/C15H23F3N2O/c1-11(2)10-20(6-7-21-3)13-4-5-14(15(16,17)18)12(8-13)9-19/h4-5,8,11H,6-7,9-10,19H2,1-3H3. The molecule has 1 aromatic carbocycles. The molecule has 120 valence electrons. The highest BCUT2D eigenvalue weighted by atomic mass is 19.4. The Bertz CT molecular complexity index is 447. The zero-order valence-corrected chi connectivity index (χ0v) is 12.7. The van der Waals surface area contributed by atoms with Crippen molar-refractivity contribution in [1.29, 1.82) is 0 Å². The molecule has 21 heavy (non-hydrogen) atoms. The Morgan fingerprint density at radius 3 is 2.43 bits per heavy atom. The highest BCUT2D eigenvalue weighted by molar-refractivity contribution is 5.52. The van der Waals surface area contributed by atoms with E-state index in [9.17, 15) is 13.2 Å². The number of anilines is 1. The van der Waals surface area contributed by atoms with E-state index in [0.717, 1.165) is 18.3 Å². The molecule has 0 amide bonds. The molecule has 0 saturated heterocycles. The van der Waals surface area contributed by atoms with Crippen LogP contribution in [0.1, 0.15) is 25.0 Å². The van der Waals surface area contributed by atoms with E-state index < -0.39 is 11.7 Å². The number of hydrogen-bond acceptors (Lipinski definition) is 3. The molecule has 0 aliphatic rings. The van der Waals surface area contributed by atoms with Crippen molar-refractivity contribution in [1.82, 2.24) is 0 Å². The van der Waals surface area contributed by atoms with Gasteiger partial charge in [0.1, 0.15) is 0 Å². The zero-order chi connectivity index (χ0) is 16.0. The monoisotopic (exact) mass is 304 g/mol. The summed E-state index contributed by atoms with van der Waals surface area (Å²) in [5, 5.41) is 0. The van der Waals surface area contributed by atoms with Crippen LogP contribution in [-0.4, -0.2) is 26.8 Å². The number of methoxy groups -OCH3 is 1. The highest BCUT2D eigenvalue weighted by Gasteiger charge is 2.33. The fourth-order valence-electron chi connectivity index (χ4n) is 2.19. The van der Waals surface area contributed by atoms with Crippen LogP contribution in [0.15, 0.2) is 18.2 Å². The maximum Gasteiger partial charge on any atom is 0.416 e. The number of halogens is 3. The van der Waals surface area contributed by atoms with Crippen LogP contribution in [-0.2, 0) is 17.5 Å². The maximum absolute atomic E-state index is 12.9. The van der Waals surface area contributed by atoms with E-state index in [1.165, 1.54) is 12.1 Å². The number of benzene rings is 1. The van der Waals surface area contributed by atoms with Gasteiger partial charge in [0.15, 0.2) is 0 Å². The minimum absolute atomic E-state index is 0.117. The van der Waals surface area contributed by atoms with Crippen LogP contribution in [0, 0.1) is 5.92 Å². The quantitative estimate of drug-likeness (QED) is 0.840. The Kier molecular flexibility index (Phi) is 6.48. The van der Waals surface area contributed by atoms with Crippen LogP contribution < -0.4 is 10.6 Å². The molecule has 1 rings (SSSR count). The van der Waals surface area contributed by atoms with Gasteiger partial charge in [-0.15, -0.1) is 0 Å². The van der Waals surface area contributed by atoms with E-state index in [1.807, 2.05) is 4.90 Å². The van der Waals surface area contributed by atoms with Gasteiger partial charge in [-0.2, -0.15) is 13.2 Å². The van der Waals surface area contributed by atoms with Gasteiger partial charge in [-0.1, -0.05) is 13.8 Å². The molecular formula is C15H23F3N2O. The molecule has 0 heterocycles. The third-order valence-electron chi connectivity index (χ3n) is 3.13. The van der Waals surface area contributed by atoms with E-state index in [2.05, 4.69) is 13.8 Å². The van der Waals surface area contributed by atoms with E-state index >= 15 is 0 Å². The number of rotatable bonds is 7. The molecule has 1 aromatic rings. The first-order valence-corrected chi connectivity index (χ1v) is 6.93. The van der Waals surface area contributed by atoms with Crippen molar-refractivity contribution in [2.24, 2.45) is 11.7 Å². The molecule has 0 fully saturated rings. The van der Waals surface area contributed by atoms with Gasteiger partial charge in [0.05, 0.1) is 12.2 Å². The summed E-state index contributed by atoms with van der Waals surface area (Å²) in [5.74, 6) is 0.394. The lowest BCUT2D eigenvalue weighted by Gasteiger charge is -2.27. The molecule has 2 N–H and O–H groups in total. The van der Waals surface area contributed by atoms with Crippen LogP contribution in [0.3, 0.4) is 0 Å². The smallest absolute Gasteiger partial charge is 0.383 e. The van der Waals surface area contributed by atoms with E-state index in [0.29, 0.717) is 19.1 Å². The van der Waals surface area contributed by atoms with Crippen molar-refractivity contribution < 1.29 is 17.9 Å². The molecule has 0 radical (unpaired) electrons. The molecular weight excluding hydrogens is 281 g/mol. The van der Waals surface area contributed by atoms with Gasteiger partial charge < -0.3 is 15.4 Å². The van der Waals surface area contributed by atoms with Crippen molar-refractivity contribution >= 4 is 5.69 Å². The van der Waals surface area contributed by atoms with Crippen molar-refractivity contribution in [3.05, 3.63) is 29.3 Å². The van der Waals surface area contributed by atoms with Gasteiger partial charge in [-0.25, -0.2) is 0 Å². The minimum atomic E-state index is -4.37. The van der Waals surface area contributed by atoms with Crippen molar-refractivity contribution in [3.63, 3.8) is 0 Å². The minimum Gasteiger partial charge on any atom is -0.383 e. The van der Waals surface area contributed by atoms with Crippen LogP contribution in [0.25, 0.3) is 0 Å². The number of alkyl halides is 3. The number of nitrogens with zero attached hydrogens (tertiary/aromatic N) is 1. The van der Waals surface area contributed by atoms with Crippen molar-refractivity contribution in [2.75, 3.05) is 31.7 Å². The van der Waals surface area contributed by atoms with Gasteiger partial charge >= 0.3 is 6.18 Å². The van der Waals surface area contributed by atoms with E-state index in [-0.39, 0.29) is 12.1 Å². The van der Waals surface area contributed by atoms with Crippen LogP contribution in [0.4, 0.5) is 18.9 Å². The molecule has 0 unspecified atom stereocenters. The Morgan fingerprint density at radius 1 is 1.29 bits per heavy atom. The van der Waals surface area contributed by atoms with E-state index in [4.69, 9.17) is 10.5 Å². The Balaban J connectivity index is 3.09. The predicted molar refractivity (Wildman–Crippen MR) is 78.3 cm³/mol. The van der Waals surface area contributed by atoms with Crippen molar-refractivity contribution in [2.45, 2.75) is 26.6 Å². The molecule has 0 bridgehead atoms. The number of ether oxygens (including phenoxy) is 1. The Labute approximate surface area is 123 Å². The van der Waals surface area contributed by atoms with Crippen LogP contribution >= 0.6 is 0 Å². The maximum atomic E-state index is 12.9. The highest BCUT2D eigenvalue weighted by Crippen LogP contribution is 2.34. The molecule has 3 nitrogen and oxygen atoms in total. The average molecular weight is 304 g/mol. The van der Waals surface area contributed by atoms with Gasteiger partial charge in [-0.05, 0) is 29.7 Å². The largest absolute Gasteiger partial charge is 0.416 e. The third kappa shape index (κ3) is 5.21. The summed E-state index contributed by atoms with van der Waals surface area (Å²) in [6, 6.07) is 4.14. The number of nitrogens with two attached hydrogens (primary N) is 1. The lowest BCUT2D eigenvalue weighted by molar-refractivity contribution is -0.138. The summed E-state index contributed by atoms with van der Waals surface area (Å²) in [6.45, 7) is 5.89. The molecule has 0 aromatic heterocycles. The molecule has 0 atom stereocenters. The summed E-state index contributed by atoms with van der Waals surface area (Å²) in [4.78, 5) is 2.02. The molecule has 0 aliphatic carbocycles. The second kappa shape index (κ2) is 7.66. The lowest BCUT2D eigenvalue weighted by Crippen LogP contribution is -2.31. The molecule has 6 heteroatoms. The Morgan fingerprint density at radius 2 is 1.95 bits per heavy atom. The van der Waals surface area contributed by atoms with Crippen LogP contribution in [0.5, 0.6) is 0 Å². The molecule has 0 spiro atoms. The fraction of sp³-hybridized carbons (Fsp3) is 0.600. The second-order valence-electron chi connectivity index (χ2n) is 5.38. The molecule has 0 saturated carbocycles. The van der Waals surface area contributed by atoms with Gasteiger partial charge in [-0.3, -0.25) is 0 Å². The first kappa shape index (κ1) is 17.8. The lowest BCUT2D eigenvalue weighted by atomic mass is 10.0. The molecule has 0 aliphatic heterocycles. The first-order valence-electron chi connectivity index (χ1n) is 6.93. The van der Waals surface area contributed by atoms with E-state index in [1.54, 1.807) is 7.11 Å². The first-order chi connectivity index (χ1) is 9.79. The second-order valence-corrected chi connectivity index (χ2v) is 5.38. The third-order valence-corrected chi connectivity index (χ3v) is 3.13. The topological polar surface area (TPSA) is 38.5 Å². The normalized spacial score (nSPS) is 12.0. The SMILES string of the molecule is COCCN(CC(C)C)c1ccc(C(F)(F)F)c(CN)c1. The van der Waals surface area contributed by atoms with Gasteiger partial charge in [0.2, 0.25) is 0 Å². The summed E-state index contributed by atoms with van der Waals surface area (Å²) in [6.07, 6.45) is -4.37. The number of hydrogen-bond donors (Lipinski definition) is 1. The summed E-state index contributed by atoms with van der Waals surface area (Å²) >= 11 is 0. The summed E-state index contributed by atoms with van der Waals surface area (Å²) in [7, 11) is 1.60. The van der Waals surface area contributed by atoms with Crippen LogP contribution in [0.2, 0.25) is 0 Å².